The van der Waals surface area contributed by atoms with Crippen LogP contribution in [0.4, 0.5) is 0 Å². The van der Waals surface area contributed by atoms with E-state index in [4.69, 9.17) is 0 Å². The minimum atomic E-state index is 0.919. The van der Waals surface area contributed by atoms with Gasteiger partial charge < -0.3 is 4.90 Å². The Kier molecular flexibility index (Phi) is 6.13. The average molecular weight is 433 g/mol. The molecule has 0 aromatic heterocycles. The fourth-order valence-electron chi connectivity index (χ4n) is 5.23. The first-order valence-electron chi connectivity index (χ1n) is 11.8. The Balaban J connectivity index is 1.42. The second-order valence-electron chi connectivity index (χ2n) is 9.50. The summed E-state index contributed by atoms with van der Waals surface area (Å²) in [6, 6.07) is 33.2. The van der Waals surface area contributed by atoms with Gasteiger partial charge in [0.25, 0.3) is 0 Å². The molecule has 0 fully saturated rings. The summed E-state index contributed by atoms with van der Waals surface area (Å²) >= 11 is 0. The molecule has 0 atom stereocenters. The maximum absolute atomic E-state index is 2.44. The molecule has 0 saturated heterocycles. The molecule has 2 heteroatoms. The van der Waals surface area contributed by atoms with E-state index >= 15 is 0 Å². The Morgan fingerprint density at radius 2 is 1.21 bits per heavy atom. The topological polar surface area (TPSA) is 6.48 Å². The van der Waals surface area contributed by atoms with Crippen molar-refractivity contribution in [3.63, 3.8) is 0 Å². The lowest BCUT2D eigenvalue weighted by Gasteiger charge is -2.21. The number of fused-ring (bicyclic) bond motifs is 3. The van der Waals surface area contributed by atoms with Gasteiger partial charge in [-0.05, 0) is 77.6 Å². The Bertz CT molecular complexity index is 1260. The molecule has 0 heterocycles. The third-order valence-electron chi connectivity index (χ3n) is 6.62. The number of benzene rings is 4. The van der Waals surface area contributed by atoms with Crippen molar-refractivity contribution in [3.05, 3.63) is 119 Å². The molecule has 0 amide bonds. The zero-order valence-electron chi connectivity index (χ0n) is 19.9. The lowest BCUT2D eigenvalue weighted by Crippen LogP contribution is -2.18. The van der Waals surface area contributed by atoms with Crippen molar-refractivity contribution in [2.24, 2.45) is 0 Å². The molecular weight excluding hydrogens is 400 g/mol. The fourth-order valence-corrected chi connectivity index (χ4v) is 5.23. The smallest absolute Gasteiger partial charge is 0.0240 e. The van der Waals surface area contributed by atoms with Crippen molar-refractivity contribution >= 4 is 0 Å². The van der Waals surface area contributed by atoms with Crippen LogP contribution in [0.5, 0.6) is 0 Å². The van der Waals surface area contributed by atoms with Gasteiger partial charge in [-0.25, -0.2) is 0 Å². The lowest BCUT2D eigenvalue weighted by atomic mass is 9.97. The van der Waals surface area contributed by atoms with Crippen LogP contribution >= 0.6 is 0 Å². The highest BCUT2D eigenvalue weighted by Gasteiger charge is 2.24. The van der Waals surface area contributed by atoms with Crippen LogP contribution in [-0.4, -0.2) is 30.9 Å². The standard InChI is InChI=1S/C31H32N2/c1-32(2)20-25-15-10-18-29-30(25)19-24-14-9-16-27(31(24)29)22-33(3)21-26-13-7-8-17-28(26)23-11-5-4-6-12-23/h4-18H,19-22H2,1-3H3. The Hall–Kier alpha value is -3.20. The average Bonchev–Trinajstić information content (AvgIpc) is 3.20. The molecule has 4 aromatic carbocycles. The van der Waals surface area contributed by atoms with Gasteiger partial charge in [-0.1, -0.05) is 91.0 Å². The molecule has 1 aliphatic rings. The minimum Gasteiger partial charge on any atom is -0.305 e. The number of rotatable bonds is 7. The molecule has 5 rings (SSSR count). The summed E-state index contributed by atoms with van der Waals surface area (Å²) in [7, 11) is 6.53. The quantitative estimate of drug-likeness (QED) is 0.285. The van der Waals surface area contributed by atoms with Gasteiger partial charge in [0.05, 0.1) is 0 Å². The van der Waals surface area contributed by atoms with Crippen molar-refractivity contribution in [2.75, 3.05) is 21.1 Å². The molecule has 4 aromatic rings. The largest absolute Gasteiger partial charge is 0.305 e. The highest BCUT2D eigenvalue weighted by molar-refractivity contribution is 5.80. The summed E-state index contributed by atoms with van der Waals surface area (Å²) in [5, 5.41) is 0. The van der Waals surface area contributed by atoms with E-state index in [0.717, 1.165) is 26.1 Å². The molecule has 166 valence electrons. The summed E-state index contributed by atoms with van der Waals surface area (Å²) in [4.78, 5) is 4.70. The van der Waals surface area contributed by atoms with Crippen LogP contribution in [0.25, 0.3) is 22.3 Å². The van der Waals surface area contributed by atoms with Gasteiger partial charge in [-0.2, -0.15) is 0 Å². The van der Waals surface area contributed by atoms with Gasteiger partial charge >= 0.3 is 0 Å². The van der Waals surface area contributed by atoms with Crippen LogP contribution in [0.1, 0.15) is 27.8 Å². The van der Waals surface area contributed by atoms with Crippen molar-refractivity contribution in [2.45, 2.75) is 26.1 Å². The first kappa shape index (κ1) is 21.6. The van der Waals surface area contributed by atoms with E-state index in [1.54, 1.807) is 0 Å². The van der Waals surface area contributed by atoms with Crippen molar-refractivity contribution in [1.29, 1.82) is 0 Å². The van der Waals surface area contributed by atoms with Gasteiger partial charge in [0.2, 0.25) is 0 Å². The Labute approximate surface area is 198 Å². The summed E-state index contributed by atoms with van der Waals surface area (Å²) in [6.07, 6.45) is 1.04. The second-order valence-corrected chi connectivity index (χ2v) is 9.50. The van der Waals surface area contributed by atoms with Crippen LogP contribution in [-0.2, 0) is 26.1 Å². The van der Waals surface area contributed by atoms with Gasteiger partial charge in [0.15, 0.2) is 0 Å². The van der Waals surface area contributed by atoms with E-state index in [1.807, 2.05) is 0 Å². The predicted molar refractivity (Wildman–Crippen MR) is 139 cm³/mol. The maximum atomic E-state index is 2.44. The third kappa shape index (κ3) is 4.50. The SMILES string of the molecule is CN(C)Cc1cccc2c1Cc1cccc(CN(C)Cc3ccccc3-c3ccccc3)c1-2. The molecule has 2 nitrogen and oxygen atoms in total. The van der Waals surface area contributed by atoms with Crippen LogP contribution in [0, 0.1) is 0 Å². The minimum absolute atomic E-state index is 0.919. The van der Waals surface area contributed by atoms with Crippen LogP contribution in [0.3, 0.4) is 0 Å². The second kappa shape index (κ2) is 9.35. The summed E-state index contributed by atoms with van der Waals surface area (Å²) in [6.45, 7) is 2.84. The molecular formula is C31H32N2. The number of hydrogen-bond donors (Lipinski definition) is 0. The third-order valence-corrected chi connectivity index (χ3v) is 6.62. The molecule has 0 aliphatic heterocycles. The maximum Gasteiger partial charge on any atom is 0.0240 e. The fraction of sp³-hybridized carbons (Fsp3) is 0.226. The lowest BCUT2D eigenvalue weighted by molar-refractivity contribution is 0.320. The van der Waals surface area contributed by atoms with Crippen LogP contribution < -0.4 is 0 Å². The molecule has 0 unspecified atom stereocenters. The van der Waals surface area contributed by atoms with E-state index in [2.05, 4.69) is 122 Å². The molecule has 0 N–H and O–H groups in total. The van der Waals surface area contributed by atoms with E-state index in [0.29, 0.717) is 0 Å². The van der Waals surface area contributed by atoms with Crippen molar-refractivity contribution < 1.29 is 0 Å². The Morgan fingerprint density at radius 3 is 2.03 bits per heavy atom. The Morgan fingerprint density at radius 1 is 0.576 bits per heavy atom. The first-order chi connectivity index (χ1) is 16.1. The number of hydrogen-bond acceptors (Lipinski definition) is 2. The van der Waals surface area contributed by atoms with Gasteiger partial charge in [0.1, 0.15) is 0 Å². The van der Waals surface area contributed by atoms with Gasteiger partial charge in [0, 0.05) is 19.6 Å². The van der Waals surface area contributed by atoms with E-state index < -0.39 is 0 Å². The zero-order valence-corrected chi connectivity index (χ0v) is 19.9. The van der Waals surface area contributed by atoms with Crippen LogP contribution in [0.15, 0.2) is 91.0 Å². The van der Waals surface area contributed by atoms with E-state index in [-0.39, 0.29) is 0 Å². The summed E-state index contributed by atoms with van der Waals surface area (Å²) in [5.41, 5.74) is 12.7. The normalized spacial score (nSPS) is 12.3. The van der Waals surface area contributed by atoms with Crippen molar-refractivity contribution in [3.8, 4) is 22.3 Å². The molecule has 1 aliphatic carbocycles. The first-order valence-corrected chi connectivity index (χ1v) is 11.8. The monoisotopic (exact) mass is 432 g/mol. The molecule has 0 radical (unpaired) electrons. The predicted octanol–water partition coefficient (Wildman–Crippen LogP) is 6.62. The number of nitrogens with zero attached hydrogens (tertiary/aromatic N) is 2. The van der Waals surface area contributed by atoms with Crippen LogP contribution in [0.2, 0.25) is 0 Å². The van der Waals surface area contributed by atoms with E-state index in [9.17, 15) is 0 Å². The van der Waals surface area contributed by atoms with Gasteiger partial charge in [-0.15, -0.1) is 0 Å². The molecule has 0 spiro atoms. The van der Waals surface area contributed by atoms with E-state index in [1.165, 1.54) is 50.1 Å². The molecule has 0 bridgehead atoms. The molecule has 33 heavy (non-hydrogen) atoms. The highest BCUT2D eigenvalue weighted by Crippen LogP contribution is 2.41. The summed E-state index contributed by atoms with van der Waals surface area (Å²) in [5.74, 6) is 0. The highest BCUT2D eigenvalue weighted by atomic mass is 15.1. The zero-order chi connectivity index (χ0) is 22.8. The molecule has 0 saturated carbocycles. The summed E-state index contributed by atoms with van der Waals surface area (Å²) < 4.78 is 0. The van der Waals surface area contributed by atoms with Crippen molar-refractivity contribution in [1.82, 2.24) is 9.80 Å². The van der Waals surface area contributed by atoms with Gasteiger partial charge in [-0.3, -0.25) is 4.90 Å².